The van der Waals surface area contributed by atoms with Gasteiger partial charge in [0.2, 0.25) is 0 Å². The fourth-order valence-electron chi connectivity index (χ4n) is 2.43. The Morgan fingerprint density at radius 1 is 1.23 bits per heavy atom. The summed E-state index contributed by atoms with van der Waals surface area (Å²) < 4.78 is 5.79. The second-order valence-corrected chi connectivity index (χ2v) is 4.93. The van der Waals surface area contributed by atoms with E-state index in [-0.39, 0.29) is 0 Å². The molecule has 0 saturated carbocycles. The van der Waals surface area contributed by atoms with E-state index in [1.807, 2.05) is 0 Å². The molecule has 2 atom stereocenters. The summed E-state index contributed by atoms with van der Waals surface area (Å²) in [6.45, 7) is 5.69. The molecule has 0 aromatic heterocycles. The molecular formula is C11H21NO. The van der Waals surface area contributed by atoms with Gasteiger partial charge in [-0.25, -0.2) is 0 Å². The summed E-state index contributed by atoms with van der Waals surface area (Å²) >= 11 is 0. The minimum Gasteiger partial charge on any atom is -0.375 e. The van der Waals surface area contributed by atoms with Gasteiger partial charge in [-0.3, -0.25) is 0 Å². The smallest absolute Gasteiger partial charge is 0.0594 e. The van der Waals surface area contributed by atoms with E-state index in [0.717, 1.165) is 18.5 Å². The van der Waals surface area contributed by atoms with Crippen LogP contribution in [0.1, 0.15) is 39.5 Å². The highest BCUT2D eigenvalue weighted by Crippen LogP contribution is 2.32. The van der Waals surface area contributed by atoms with Crippen LogP contribution in [0.15, 0.2) is 0 Å². The van der Waals surface area contributed by atoms with Crippen LogP contribution in [0.25, 0.3) is 0 Å². The maximum absolute atomic E-state index is 5.79. The zero-order valence-electron chi connectivity index (χ0n) is 8.75. The molecule has 0 aliphatic carbocycles. The lowest BCUT2D eigenvalue weighted by molar-refractivity contribution is -0.00897. The number of hydrogen-bond acceptors (Lipinski definition) is 2. The Morgan fingerprint density at radius 2 is 1.85 bits per heavy atom. The van der Waals surface area contributed by atoms with Gasteiger partial charge in [0.25, 0.3) is 0 Å². The molecule has 2 heterocycles. The van der Waals surface area contributed by atoms with Crippen LogP contribution in [0.4, 0.5) is 0 Å². The summed E-state index contributed by atoms with van der Waals surface area (Å²) in [6.07, 6.45) is 6.22. The molecule has 0 radical (unpaired) electrons. The first-order valence-corrected chi connectivity index (χ1v) is 5.63. The van der Waals surface area contributed by atoms with E-state index in [1.54, 1.807) is 0 Å². The third-order valence-electron chi connectivity index (χ3n) is 3.11. The molecule has 2 bridgehead atoms. The minimum atomic E-state index is 0.573. The highest BCUT2D eigenvalue weighted by Gasteiger charge is 2.34. The molecule has 2 aliphatic heterocycles. The Balaban J connectivity index is 1.75. The molecule has 2 nitrogen and oxygen atoms in total. The van der Waals surface area contributed by atoms with Crippen LogP contribution >= 0.6 is 0 Å². The van der Waals surface area contributed by atoms with E-state index in [9.17, 15) is 0 Å². The Kier molecular flexibility index (Phi) is 2.89. The molecule has 2 aliphatic rings. The highest BCUT2D eigenvalue weighted by molar-refractivity contribution is 4.87. The first-order chi connectivity index (χ1) is 6.24. The second kappa shape index (κ2) is 3.97. The Bertz CT molecular complexity index is 157. The first-order valence-electron chi connectivity index (χ1n) is 5.63. The summed E-state index contributed by atoms with van der Waals surface area (Å²) in [5.74, 6) is 0.764. The molecule has 13 heavy (non-hydrogen) atoms. The van der Waals surface area contributed by atoms with Crippen LogP contribution in [0.2, 0.25) is 0 Å². The van der Waals surface area contributed by atoms with Gasteiger partial charge in [-0.05, 0) is 38.1 Å². The summed E-state index contributed by atoms with van der Waals surface area (Å²) in [5, 5.41) is 3.64. The largest absolute Gasteiger partial charge is 0.375 e. The average Bonchev–Trinajstić information content (AvgIpc) is 2.42. The van der Waals surface area contributed by atoms with E-state index in [2.05, 4.69) is 19.2 Å². The molecule has 0 aromatic carbocycles. The molecule has 2 heteroatoms. The number of hydrogen-bond donors (Lipinski definition) is 1. The predicted octanol–water partition coefficient (Wildman–Crippen LogP) is 1.94. The topological polar surface area (TPSA) is 21.3 Å². The maximum atomic E-state index is 5.79. The zero-order chi connectivity index (χ0) is 9.26. The first kappa shape index (κ1) is 9.47. The second-order valence-electron chi connectivity index (χ2n) is 4.93. The molecule has 2 unspecified atom stereocenters. The molecule has 0 amide bonds. The van der Waals surface area contributed by atoms with E-state index >= 15 is 0 Å². The van der Waals surface area contributed by atoms with Crippen LogP contribution in [0.5, 0.6) is 0 Å². The van der Waals surface area contributed by atoms with Crippen molar-refractivity contribution in [3.05, 3.63) is 0 Å². The third kappa shape index (κ3) is 2.44. The predicted molar refractivity (Wildman–Crippen MR) is 53.8 cm³/mol. The molecule has 2 rings (SSSR count). The number of ether oxygens (including phenoxy) is 1. The van der Waals surface area contributed by atoms with Gasteiger partial charge in [-0.15, -0.1) is 0 Å². The molecule has 76 valence electrons. The standard InChI is InChI=1S/C11H21NO/c1-8(2)7-12-9-5-10-3-4-11(6-9)13-10/h8-12H,3-7H2,1-2H3. The Labute approximate surface area is 81.0 Å². The molecule has 2 fully saturated rings. The summed E-state index contributed by atoms with van der Waals surface area (Å²) in [5.41, 5.74) is 0. The SMILES string of the molecule is CC(C)CNC1CC2CCC(C1)O2. The van der Waals surface area contributed by atoms with Crippen molar-refractivity contribution in [1.82, 2.24) is 5.32 Å². The van der Waals surface area contributed by atoms with Crippen molar-refractivity contribution in [2.24, 2.45) is 5.92 Å². The van der Waals surface area contributed by atoms with Crippen LogP contribution in [0, 0.1) is 5.92 Å². The van der Waals surface area contributed by atoms with Crippen molar-refractivity contribution < 1.29 is 4.74 Å². The van der Waals surface area contributed by atoms with Crippen molar-refractivity contribution in [3.8, 4) is 0 Å². The Morgan fingerprint density at radius 3 is 2.38 bits per heavy atom. The average molecular weight is 183 g/mol. The van der Waals surface area contributed by atoms with Gasteiger partial charge in [0.15, 0.2) is 0 Å². The van der Waals surface area contributed by atoms with Gasteiger partial charge in [0.05, 0.1) is 12.2 Å². The summed E-state index contributed by atoms with van der Waals surface area (Å²) in [4.78, 5) is 0. The molecule has 0 aromatic rings. The van der Waals surface area contributed by atoms with Crippen LogP contribution in [0.3, 0.4) is 0 Å². The van der Waals surface area contributed by atoms with Crippen molar-refractivity contribution in [3.63, 3.8) is 0 Å². The fourth-order valence-corrected chi connectivity index (χ4v) is 2.43. The van der Waals surface area contributed by atoms with E-state index in [0.29, 0.717) is 12.2 Å². The lowest BCUT2D eigenvalue weighted by Gasteiger charge is -2.29. The summed E-state index contributed by atoms with van der Waals surface area (Å²) in [6, 6.07) is 0.730. The number of nitrogens with one attached hydrogen (secondary N) is 1. The van der Waals surface area contributed by atoms with Crippen molar-refractivity contribution in [2.75, 3.05) is 6.54 Å². The van der Waals surface area contributed by atoms with Crippen LogP contribution in [-0.2, 0) is 4.74 Å². The third-order valence-corrected chi connectivity index (χ3v) is 3.11. The number of rotatable bonds is 3. The van der Waals surface area contributed by atoms with Gasteiger partial charge in [0.1, 0.15) is 0 Å². The zero-order valence-corrected chi connectivity index (χ0v) is 8.75. The number of fused-ring (bicyclic) bond motifs is 2. The van der Waals surface area contributed by atoms with Gasteiger partial charge in [-0.2, -0.15) is 0 Å². The maximum Gasteiger partial charge on any atom is 0.0594 e. The normalized spacial score (nSPS) is 38.5. The lowest BCUT2D eigenvalue weighted by atomic mass is 10.0. The van der Waals surface area contributed by atoms with Gasteiger partial charge in [0, 0.05) is 6.04 Å². The van der Waals surface area contributed by atoms with Crippen LogP contribution in [-0.4, -0.2) is 24.8 Å². The van der Waals surface area contributed by atoms with Gasteiger partial charge < -0.3 is 10.1 Å². The van der Waals surface area contributed by atoms with E-state index in [1.165, 1.54) is 25.7 Å². The highest BCUT2D eigenvalue weighted by atomic mass is 16.5. The van der Waals surface area contributed by atoms with E-state index in [4.69, 9.17) is 4.74 Å². The minimum absolute atomic E-state index is 0.573. The van der Waals surface area contributed by atoms with Crippen molar-refractivity contribution >= 4 is 0 Å². The van der Waals surface area contributed by atoms with Crippen LogP contribution < -0.4 is 5.32 Å². The van der Waals surface area contributed by atoms with Crippen molar-refractivity contribution in [1.29, 1.82) is 0 Å². The van der Waals surface area contributed by atoms with Crippen molar-refractivity contribution in [2.45, 2.75) is 57.8 Å². The molecule has 1 N–H and O–H groups in total. The molecule has 2 saturated heterocycles. The molecule has 0 spiro atoms. The summed E-state index contributed by atoms with van der Waals surface area (Å²) in [7, 11) is 0. The van der Waals surface area contributed by atoms with E-state index < -0.39 is 0 Å². The fraction of sp³-hybridized carbons (Fsp3) is 1.00. The van der Waals surface area contributed by atoms with Gasteiger partial charge >= 0.3 is 0 Å². The lowest BCUT2D eigenvalue weighted by Crippen LogP contribution is -2.40. The monoisotopic (exact) mass is 183 g/mol. The Hall–Kier alpha value is -0.0800. The van der Waals surface area contributed by atoms with Gasteiger partial charge in [-0.1, -0.05) is 13.8 Å². The molecular weight excluding hydrogens is 162 g/mol. The quantitative estimate of drug-likeness (QED) is 0.722.